The summed E-state index contributed by atoms with van der Waals surface area (Å²) in [6.45, 7) is 4.25. The second-order valence-corrected chi connectivity index (χ2v) is 10.1. The number of aromatic nitrogens is 8. The van der Waals surface area contributed by atoms with E-state index < -0.39 is 6.09 Å². The summed E-state index contributed by atoms with van der Waals surface area (Å²) < 4.78 is 19.2. The molecule has 17 heteroatoms. The first-order valence-electron chi connectivity index (χ1n) is 13.7. The summed E-state index contributed by atoms with van der Waals surface area (Å²) in [5.74, 6) is 1.89. The Morgan fingerprint density at radius 2 is 2.02 bits per heavy atom. The average Bonchev–Trinajstić information content (AvgIpc) is 3.73. The summed E-state index contributed by atoms with van der Waals surface area (Å²) in [5, 5.41) is 11.5. The first-order valence-corrected chi connectivity index (χ1v) is 14.0. The molecule has 0 atom stereocenters. The molecule has 5 heterocycles. The minimum Gasteiger partial charge on any atom is -0.447 e. The molecular formula is C26H31ClN12O4. The molecule has 1 aliphatic heterocycles. The minimum atomic E-state index is -0.824. The number of H-pyrrole nitrogens is 1. The van der Waals surface area contributed by atoms with Crippen molar-refractivity contribution in [2.24, 2.45) is 12.8 Å². The van der Waals surface area contributed by atoms with Crippen LogP contribution in [-0.4, -0.2) is 98.0 Å². The molecule has 0 aliphatic carbocycles. The van der Waals surface area contributed by atoms with E-state index in [1.165, 1.54) is 0 Å². The van der Waals surface area contributed by atoms with E-state index in [-0.39, 0.29) is 13.2 Å². The zero-order chi connectivity index (χ0) is 29.8. The Balaban J connectivity index is 1.18. The molecule has 0 bridgehead atoms. The van der Waals surface area contributed by atoms with E-state index in [1.807, 2.05) is 23.9 Å². The minimum absolute atomic E-state index is 0.106. The molecule has 0 unspecified atom stereocenters. The molecule has 43 heavy (non-hydrogen) atoms. The van der Waals surface area contributed by atoms with Crippen molar-refractivity contribution < 1.29 is 19.0 Å². The van der Waals surface area contributed by atoms with Gasteiger partial charge in [0, 0.05) is 32.9 Å². The van der Waals surface area contributed by atoms with Crippen LogP contribution >= 0.6 is 11.6 Å². The number of hydrogen-bond donors (Lipinski definition) is 4. The number of anilines is 3. The average molecular weight is 611 g/mol. The molecule has 6 rings (SSSR count). The number of rotatable bonds is 12. The van der Waals surface area contributed by atoms with Gasteiger partial charge in [0.05, 0.1) is 66.6 Å². The number of morpholine rings is 1. The number of hydrogen-bond acceptors (Lipinski definition) is 12. The molecule has 1 fully saturated rings. The van der Waals surface area contributed by atoms with Gasteiger partial charge in [-0.15, -0.1) is 0 Å². The Kier molecular flexibility index (Phi) is 8.39. The fourth-order valence-corrected chi connectivity index (χ4v) is 4.89. The van der Waals surface area contributed by atoms with Crippen molar-refractivity contribution in [1.29, 1.82) is 0 Å². The zero-order valence-electron chi connectivity index (χ0n) is 23.4. The fraction of sp³-hybridized carbons (Fsp3) is 0.385. The standard InChI is InChI=1S/C26H31ClN12O4/c1-37-14-16(12-32-37)39-15-31-22-23(35-26(36-24(22)39)38-3-6-42-7-4-38)30-13-21-33-19-10-17(27)18(11-20(19)34-21)29-2-5-41-8-9-43-25(28)40/h10-12,14-15,29H,2-9,13H2,1H3,(H2,28,40)(H,33,34)(H,30,35,36). The number of carbonyl (C=O) groups is 1. The van der Waals surface area contributed by atoms with Crippen molar-refractivity contribution >= 4 is 57.3 Å². The summed E-state index contributed by atoms with van der Waals surface area (Å²) in [5.41, 5.74) is 9.37. The van der Waals surface area contributed by atoms with Crippen LogP contribution in [0.5, 0.6) is 0 Å². The third-order valence-corrected chi connectivity index (χ3v) is 7.04. The van der Waals surface area contributed by atoms with E-state index in [1.54, 1.807) is 23.3 Å². The largest absolute Gasteiger partial charge is 0.447 e. The molecule has 0 radical (unpaired) electrons. The van der Waals surface area contributed by atoms with E-state index in [4.69, 9.17) is 41.8 Å². The molecule has 1 aromatic carbocycles. The van der Waals surface area contributed by atoms with Crippen LogP contribution in [0.3, 0.4) is 0 Å². The van der Waals surface area contributed by atoms with Crippen LogP contribution < -0.4 is 21.3 Å². The number of ether oxygens (including phenoxy) is 3. The van der Waals surface area contributed by atoms with Gasteiger partial charge in [-0.1, -0.05) is 11.6 Å². The highest BCUT2D eigenvalue weighted by Gasteiger charge is 2.20. The van der Waals surface area contributed by atoms with Gasteiger partial charge in [0.1, 0.15) is 18.8 Å². The number of primary amides is 1. The van der Waals surface area contributed by atoms with Crippen molar-refractivity contribution in [3.8, 4) is 5.69 Å². The maximum atomic E-state index is 10.6. The second kappa shape index (κ2) is 12.7. The van der Waals surface area contributed by atoms with Gasteiger partial charge in [-0.05, 0) is 12.1 Å². The van der Waals surface area contributed by atoms with Crippen LogP contribution in [0.25, 0.3) is 27.9 Å². The molecule has 0 saturated carbocycles. The molecule has 5 aromatic rings. The number of nitrogens with two attached hydrogens (primary N) is 1. The molecule has 16 nitrogen and oxygen atoms in total. The highest BCUT2D eigenvalue weighted by molar-refractivity contribution is 6.34. The van der Waals surface area contributed by atoms with Crippen LogP contribution in [0.4, 0.5) is 22.2 Å². The normalized spacial score (nSPS) is 13.6. The number of aromatic amines is 1. The van der Waals surface area contributed by atoms with E-state index >= 15 is 0 Å². The van der Waals surface area contributed by atoms with Crippen LogP contribution in [0, 0.1) is 0 Å². The first-order chi connectivity index (χ1) is 20.9. The number of imidazole rings is 2. The van der Waals surface area contributed by atoms with E-state index in [0.29, 0.717) is 79.8 Å². The van der Waals surface area contributed by atoms with Gasteiger partial charge < -0.3 is 40.5 Å². The van der Waals surface area contributed by atoms with Gasteiger partial charge in [0.25, 0.3) is 0 Å². The molecule has 226 valence electrons. The maximum absolute atomic E-state index is 10.6. The highest BCUT2D eigenvalue weighted by Crippen LogP contribution is 2.28. The lowest BCUT2D eigenvalue weighted by molar-refractivity contribution is 0.0814. The molecule has 1 amide bonds. The summed E-state index contributed by atoms with van der Waals surface area (Å²) in [7, 11) is 1.87. The Bertz CT molecular complexity index is 1730. The molecule has 1 aliphatic rings. The van der Waals surface area contributed by atoms with Crippen molar-refractivity contribution in [3.05, 3.63) is 41.7 Å². The smallest absolute Gasteiger partial charge is 0.404 e. The molecular weight excluding hydrogens is 580 g/mol. The van der Waals surface area contributed by atoms with Gasteiger partial charge in [-0.25, -0.2) is 14.8 Å². The van der Waals surface area contributed by atoms with E-state index in [2.05, 4.69) is 35.3 Å². The number of carbonyl (C=O) groups excluding carboxylic acids is 1. The molecule has 5 N–H and O–H groups in total. The Hall–Kier alpha value is -4.67. The molecule has 0 spiro atoms. The third-order valence-electron chi connectivity index (χ3n) is 6.72. The van der Waals surface area contributed by atoms with Gasteiger partial charge in [-0.2, -0.15) is 15.1 Å². The topological polar surface area (TPSA) is 188 Å². The second-order valence-electron chi connectivity index (χ2n) is 9.72. The van der Waals surface area contributed by atoms with Crippen molar-refractivity contribution in [2.75, 3.05) is 68.2 Å². The number of aryl methyl sites for hydroxylation is 1. The lowest BCUT2D eigenvalue weighted by atomic mass is 10.2. The number of nitrogens with zero attached hydrogens (tertiary/aromatic N) is 8. The number of benzene rings is 1. The van der Waals surface area contributed by atoms with Crippen LogP contribution in [0.1, 0.15) is 5.82 Å². The van der Waals surface area contributed by atoms with Crippen molar-refractivity contribution in [1.82, 2.24) is 39.3 Å². The number of fused-ring (bicyclic) bond motifs is 2. The van der Waals surface area contributed by atoms with Gasteiger partial charge in [-0.3, -0.25) is 9.25 Å². The first kappa shape index (κ1) is 28.4. The van der Waals surface area contributed by atoms with Crippen molar-refractivity contribution in [2.45, 2.75) is 6.54 Å². The van der Waals surface area contributed by atoms with Gasteiger partial charge in [0.2, 0.25) is 5.95 Å². The number of amides is 1. The quantitative estimate of drug-likeness (QED) is 0.151. The van der Waals surface area contributed by atoms with Crippen LogP contribution in [0.2, 0.25) is 5.02 Å². The Morgan fingerprint density at radius 1 is 1.16 bits per heavy atom. The third kappa shape index (κ3) is 6.55. The Morgan fingerprint density at radius 3 is 2.81 bits per heavy atom. The Labute approximate surface area is 250 Å². The zero-order valence-corrected chi connectivity index (χ0v) is 24.2. The van der Waals surface area contributed by atoms with E-state index in [9.17, 15) is 4.79 Å². The summed E-state index contributed by atoms with van der Waals surface area (Å²) in [6.07, 6.45) is 4.57. The van der Waals surface area contributed by atoms with Crippen molar-refractivity contribution in [3.63, 3.8) is 0 Å². The van der Waals surface area contributed by atoms with E-state index in [0.717, 1.165) is 22.4 Å². The predicted octanol–water partition coefficient (Wildman–Crippen LogP) is 2.05. The maximum Gasteiger partial charge on any atom is 0.404 e. The van der Waals surface area contributed by atoms with Gasteiger partial charge in [0.15, 0.2) is 17.0 Å². The van der Waals surface area contributed by atoms with Gasteiger partial charge >= 0.3 is 6.09 Å². The monoisotopic (exact) mass is 610 g/mol. The summed E-state index contributed by atoms with van der Waals surface area (Å²) in [4.78, 5) is 35.1. The fourth-order valence-electron chi connectivity index (χ4n) is 4.67. The number of nitrogens with one attached hydrogen (secondary N) is 3. The van der Waals surface area contributed by atoms with Crippen LogP contribution in [-0.2, 0) is 27.8 Å². The summed E-state index contributed by atoms with van der Waals surface area (Å²) >= 11 is 6.50. The number of halogens is 1. The SMILES string of the molecule is Cn1cc(-n2cnc3c(NCc4nc5cc(Cl)c(NCCOCCOC(N)=O)cc5[nH]4)nc(N4CCOCC4)nc32)cn1. The lowest BCUT2D eigenvalue weighted by Gasteiger charge is -2.27. The highest BCUT2D eigenvalue weighted by atomic mass is 35.5. The molecule has 1 saturated heterocycles. The summed E-state index contributed by atoms with van der Waals surface area (Å²) in [6, 6.07) is 3.70. The lowest BCUT2D eigenvalue weighted by Crippen LogP contribution is -2.37. The molecule has 4 aromatic heterocycles. The van der Waals surface area contributed by atoms with Crippen LogP contribution in [0.15, 0.2) is 30.9 Å². The predicted molar refractivity (Wildman–Crippen MR) is 160 cm³/mol.